The number of rotatable bonds is 2. The molecule has 0 fully saturated rings. The van der Waals surface area contributed by atoms with Gasteiger partial charge < -0.3 is 9.29 Å². The Balaban J connectivity index is 0.00000162. The van der Waals surface area contributed by atoms with Gasteiger partial charge in [0, 0.05) is 4.70 Å². The van der Waals surface area contributed by atoms with Gasteiger partial charge in [0.25, 0.3) is 0 Å². The maximum absolute atomic E-state index is 11.6. The van der Waals surface area contributed by atoms with E-state index >= 15 is 0 Å². The molecule has 0 aliphatic heterocycles. The molecule has 0 amide bonds. The van der Waals surface area contributed by atoms with Crippen LogP contribution in [0.4, 0.5) is 0 Å². The standard InChI is InChI=1S/C9H7NO5S2.Na/c10-17(13,14)15-5-3-7(11)6-1-2-9(12)16-8(6)4-5;/h1-4,11H,(H2,10,13,14);/q;+1/p-1. The zero-order valence-electron chi connectivity index (χ0n) is 9.24. The van der Waals surface area contributed by atoms with E-state index in [1.807, 2.05) is 0 Å². The van der Waals surface area contributed by atoms with E-state index in [2.05, 4.69) is 9.32 Å². The fraction of sp³-hybridized carbons (Fsp3) is 0. The minimum Gasteiger partial charge on any atom is -0.872 e. The van der Waals surface area contributed by atoms with Crippen molar-refractivity contribution >= 4 is 31.7 Å². The van der Waals surface area contributed by atoms with Gasteiger partial charge in [-0.3, -0.25) is 4.79 Å². The van der Waals surface area contributed by atoms with Crippen LogP contribution >= 0.6 is 11.3 Å². The molecule has 0 bridgehead atoms. The number of fused-ring (bicyclic) bond motifs is 1. The fourth-order valence-corrected chi connectivity index (χ4v) is 2.47. The topological polar surface area (TPSA) is 110 Å². The molecule has 2 aromatic rings. The van der Waals surface area contributed by atoms with E-state index in [1.54, 1.807) is 0 Å². The van der Waals surface area contributed by atoms with E-state index in [-0.39, 0.29) is 40.0 Å². The molecule has 0 aliphatic carbocycles. The Kier molecular flexibility index (Phi) is 4.76. The summed E-state index contributed by atoms with van der Waals surface area (Å²) < 4.78 is 25.9. The molecule has 0 saturated heterocycles. The zero-order valence-corrected chi connectivity index (χ0v) is 12.9. The van der Waals surface area contributed by atoms with Crippen molar-refractivity contribution in [3.05, 3.63) is 33.8 Å². The zero-order chi connectivity index (χ0) is 12.6. The van der Waals surface area contributed by atoms with Crippen LogP contribution in [-0.2, 0) is 10.3 Å². The summed E-state index contributed by atoms with van der Waals surface area (Å²) in [5.41, 5.74) is 0. The van der Waals surface area contributed by atoms with E-state index in [1.165, 1.54) is 18.2 Å². The molecule has 2 N–H and O–H groups in total. The molecule has 0 atom stereocenters. The summed E-state index contributed by atoms with van der Waals surface area (Å²) in [5.74, 6) is -0.635. The summed E-state index contributed by atoms with van der Waals surface area (Å²) in [5, 5.41) is 16.6. The Morgan fingerprint density at radius 1 is 1.28 bits per heavy atom. The van der Waals surface area contributed by atoms with Gasteiger partial charge in [-0.05, 0) is 29.7 Å². The SMILES string of the molecule is NS(=O)(=O)Oc1cc([O-])c2ccc(=O)sc2c1.[Na+]. The first-order valence-electron chi connectivity index (χ1n) is 4.32. The molecule has 1 aromatic heterocycles. The first-order chi connectivity index (χ1) is 7.85. The third-order valence-electron chi connectivity index (χ3n) is 1.89. The Bertz CT molecular complexity index is 740. The van der Waals surface area contributed by atoms with Crippen LogP contribution in [0.3, 0.4) is 0 Å². The predicted octanol–water partition coefficient (Wildman–Crippen LogP) is -3.08. The van der Waals surface area contributed by atoms with Gasteiger partial charge in [-0.1, -0.05) is 17.1 Å². The van der Waals surface area contributed by atoms with Gasteiger partial charge in [0.05, 0.1) is 0 Å². The molecule has 0 saturated carbocycles. The molecule has 18 heavy (non-hydrogen) atoms. The normalized spacial score (nSPS) is 10.9. The Labute approximate surface area is 129 Å². The van der Waals surface area contributed by atoms with E-state index in [0.29, 0.717) is 10.1 Å². The first kappa shape index (κ1) is 15.4. The molecule has 0 radical (unpaired) electrons. The van der Waals surface area contributed by atoms with Crippen molar-refractivity contribution in [2.24, 2.45) is 5.14 Å². The van der Waals surface area contributed by atoms with Crippen LogP contribution in [0.5, 0.6) is 11.5 Å². The van der Waals surface area contributed by atoms with Gasteiger partial charge in [0.1, 0.15) is 5.75 Å². The van der Waals surface area contributed by atoms with Gasteiger partial charge in [-0.25, -0.2) is 0 Å². The molecule has 9 heteroatoms. The predicted molar refractivity (Wildman–Crippen MR) is 61.3 cm³/mol. The van der Waals surface area contributed by atoms with Crippen LogP contribution in [0, 0.1) is 0 Å². The van der Waals surface area contributed by atoms with E-state index in [4.69, 9.17) is 0 Å². The monoisotopic (exact) mass is 295 g/mol. The third-order valence-corrected chi connectivity index (χ3v) is 3.21. The second-order valence-corrected chi connectivity index (χ2v) is 5.36. The minimum absolute atomic E-state index is 0. The molecule has 2 rings (SSSR count). The number of benzene rings is 1. The summed E-state index contributed by atoms with van der Waals surface area (Å²) in [4.78, 5) is 11.1. The van der Waals surface area contributed by atoms with Crippen molar-refractivity contribution < 1.29 is 47.3 Å². The van der Waals surface area contributed by atoms with Gasteiger partial charge in [-0.15, -0.1) is 0 Å². The van der Waals surface area contributed by atoms with Crippen molar-refractivity contribution in [2.45, 2.75) is 0 Å². The van der Waals surface area contributed by atoms with Crippen LogP contribution in [-0.4, -0.2) is 8.42 Å². The van der Waals surface area contributed by atoms with Crippen LogP contribution in [0.1, 0.15) is 0 Å². The summed E-state index contributed by atoms with van der Waals surface area (Å²) in [6, 6.07) is 4.95. The summed E-state index contributed by atoms with van der Waals surface area (Å²) in [6.45, 7) is 0. The molecule has 1 heterocycles. The van der Waals surface area contributed by atoms with Crippen molar-refractivity contribution in [1.82, 2.24) is 0 Å². The second-order valence-electron chi connectivity index (χ2n) is 3.16. The Hall–Kier alpha value is -0.640. The van der Waals surface area contributed by atoms with Crippen LogP contribution < -0.4 is 48.7 Å². The molecule has 0 aliphatic rings. The van der Waals surface area contributed by atoms with Crippen molar-refractivity contribution in [2.75, 3.05) is 0 Å². The largest absolute Gasteiger partial charge is 1.00 e. The molecule has 0 unspecified atom stereocenters. The summed E-state index contributed by atoms with van der Waals surface area (Å²) >= 11 is 0.825. The first-order valence-corrected chi connectivity index (χ1v) is 6.61. The molecule has 0 spiro atoms. The van der Waals surface area contributed by atoms with Gasteiger partial charge in [0.15, 0.2) is 0 Å². The van der Waals surface area contributed by atoms with Crippen molar-refractivity contribution in [1.29, 1.82) is 0 Å². The fourth-order valence-electron chi connectivity index (χ4n) is 1.30. The van der Waals surface area contributed by atoms with Crippen molar-refractivity contribution in [3.8, 4) is 11.5 Å². The minimum atomic E-state index is -4.19. The Morgan fingerprint density at radius 3 is 2.56 bits per heavy atom. The van der Waals surface area contributed by atoms with Gasteiger partial charge >= 0.3 is 39.9 Å². The van der Waals surface area contributed by atoms with E-state index in [0.717, 1.165) is 17.4 Å². The molecular formula is C9H6NNaO5S2. The van der Waals surface area contributed by atoms with E-state index < -0.39 is 16.1 Å². The summed E-state index contributed by atoms with van der Waals surface area (Å²) in [6.07, 6.45) is 0. The molecule has 6 nitrogen and oxygen atoms in total. The van der Waals surface area contributed by atoms with Gasteiger partial charge in [-0.2, -0.15) is 13.6 Å². The van der Waals surface area contributed by atoms with Gasteiger partial charge in [0.2, 0.25) is 4.74 Å². The van der Waals surface area contributed by atoms with Crippen LogP contribution in [0.2, 0.25) is 0 Å². The van der Waals surface area contributed by atoms with Crippen molar-refractivity contribution in [3.63, 3.8) is 0 Å². The Morgan fingerprint density at radius 2 is 1.94 bits per heavy atom. The number of hydrogen-bond donors (Lipinski definition) is 1. The van der Waals surface area contributed by atoms with Crippen LogP contribution in [0.25, 0.3) is 10.1 Å². The summed E-state index contributed by atoms with van der Waals surface area (Å²) in [7, 11) is -4.19. The smallest absolute Gasteiger partial charge is 0.872 e. The number of nitrogens with two attached hydrogens (primary N) is 1. The maximum Gasteiger partial charge on any atom is 1.00 e. The molecule has 90 valence electrons. The average Bonchev–Trinajstić information content (AvgIpc) is 2.13. The molecular weight excluding hydrogens is 289 g/mol. The quantitative estimate of drug-likeness (QED) is 0.591. The number of hydrogen-bond acceptors (Lipinski definition) is 6. The third kappa shape index (κ3) is 3.67. The molecule has 1 aromatic carbocycles. The average molecular weight is 295 g/mol. The second kappa shape index (κ2) is 5.55. The maximum atomic E-state index is 11.6. The van der Waals surface area contributed by atoms with Crippen LogP contribution in [0.15, 0.2) is 29.1 Å². The van der Waals surface area contributed by atoms with E-state index in [9.17, 15) is 18.3 Å².